The predicted molar refractivity (Wildman–Crippen MR) is 124 cm³/mol. The van der Waals surface area contributed by atoms with Crippen molar-refractivity contribution >= 4 is 63.4 Å². The molecule has 0 spiro atoms. The summed E-state index contributed by atoms with van der Waals surface area (Å²) in [5.74, 6) is -1.66. The lowest BCUT2D eigenvalue weighted by Gasteiger charge is -2.09. The molecule has 2 atom stereocenters. The van der Waals surface area contributed by atoms with E-state index in [-0.39, 0.29) is 12.2 Å². The Hall–Kier alpha value is -1.90. The largest absolute Gasteiger partial charge is 0.487 e. The van der Waals surface area contributed by atoms with Crippen molar-refractivity contribution in [2.75, 3.05) is 0 Å². The molecule has 30 heavy (non-hydrogen) atoms. The monoisotopic (exact) mass is 524 g/mol. The molecule has 10 heteroatoms. The molecule has 1 amide bonds. The van der Waals surface area contributed by atoms with Crippen LogP contribution in [0.3, 0.4) is 0 Å². The summed E-state index contributed by atoms with van der Waals surface area (Å²) in [7, 11) is -0.876. The van der Waals surface area contributed by atoms with Gasteiger partial charge >= 0.3 is 0 Å². The maximum Gasteiger partial charge on any atom is 0.248 e. The van der Waals surface area contributed by atoms with Crippen molar-refractivity contribution in [3.8, 4) is 16.3 Å². The number of rotatable bonds is 7. The highest BCUT2D eigenvalue weighted by Crippen LogP contribution is 2.48. The van der Waals surface area contributed by atoms with E-state index >= 15 is 0 Å². The number of thiophene rings is 1. The van der Waals surface area contributed by atoms with E-state index in [2.05, 4.69) is 20.9 Å². The Labute approximate surface area is 189 Å². The number of alkyl halides is 1. The lowest BCUT2D eigenvalue weighted by molar-refractivity contribution is 0.1000. The van der Waals surface area contributed by atoms with Crippen molar-refractivity contribution in [2.45, 2.75) is 12.5 Å². The van der Waals surface area contributed by atoms with Gasteiger partial charge in [-0.2, -0.15) is 0 Å². The van der Waals surface area contributed by atoms with Gasteiger partial charge in [-0.15, -0.1) is 22.7 Å². The Morgan fingerprint density at radius 3 is 2.73 bits per heavy atom. The molecule has 0 aliphatic heterocycles. The maximum atomic E-state index is 14.2. The van der Waals surface area contributed by atoms with E-state index in [4.69, 9.17) is 10.5 Å². The molecule has 0 aliphatic rings. The normalized spacial score (nSPS) is 12.6. The lowest BCUT2D eigenvalue weighted by Crippen LogP contribution is -2.11. The van der Waals surface area contributed by atoms with Gasteiger partial charge in [0.25, 0.3) is 0 Å². The molecule has 5 nitrogen and oxygen atoms in total. The number of carbonyl (C=O) groups is 1. The first-order valence-electron chi connectivity index (χ1n) is 8.69. The summed E-state index contributed by atoms with van der Waals surface area (Å²) in [6.45, 7) is 0.265. The highest BCUT2D eigenvalue weighted by Gasteiger charge is 2.22. The van der Waals surface area contributed by atoms with Crippen LogP contribution in [0.15, 0.2) is 52.4 Å². The average Bonchev–Trinajstić information content (AvgIpc) is 3.40. The molecular formula is C20H15BrFN2O3PS2. The molecule has 4 rings (SSSR count). The van der Waals surface area contributed by atoms with Gasteiger partial charge in [0.1, 0.15) is 17.4 Å². The first-order valence-corrected chi connectivity index (χ1v) is 12.2. The second-order valence-electron chi connectivity index (χ2n) is 6.31. The number of carbonyl (C=O) groups excluding carboxylic acids is 1. The predicted octanol–water partition coefficient (Wildman–Crippen LogP) is 6.02. The first-order chi connectivity index (χ1) is 14.5. The molecule has 2 aromatic heterocycles. The fourth-order valence-corrected chi connectivity index (χ4v) is 6.25. The van der Waals surface area contributed by atoms with Gasteiger partial charge in [-0.1, -0.05) is 24.3 Å². The van der Waals surface area contributed by atoms with E-state index in [1.165, 1.54) is 11.3 Å². The molecule has 3 N–H and O–H groups in total. The Kier molecular flexibility index (Phi) is 6.46. The number of hydrogen-bond acceptors (Lipinski definition) is 6. The third-order valence-corrected chi connectivity index (χ3v) is 8.30. The number of primary amides is 1. The number of hydrogen-bond donors (Lipinski definition) is 2. The zero-order valence-electron chi connectivity index (χ0n) is 15.3. The summed E-state index contributed by atoms with van der Waals surface area (Å²) in [6, 6.07) is 11.0. The van der Waals surface area contributed by atoms with Gasteiger partial charge in [-0.25, -0.2) is 9.37 Å². The minimum absolute atomic E-state index is 0.265. The van der Waals surface area contributed by atoms with Crippen LogP contribution in [0.1, 0.15) is 26.7 Å². The zero-order chi connectivity index (χ0) is 21.3. The number of amides is 1. The fraction of sp³-hybridized carbons (Fsp3) is 0.100. The van der Waals surface area contributed by atoms with Crippen LogP contribution < -0.4 is 10.5 Å². The number of thiazole rings is 1. The molecule has 0 aliphatic carbocycles. The summed E-state index contributed by atoms with van der Waals surface area (Å²) in [5.41, 5.74) is 7.69. The van der Waals surface area contributed by atoms with Crippen LogP contribution in [0, 0.1) is 0 Å². The Morgan fingerprint density at radius 2 is 2.10 bits per heavy atom. The van der Waals surface area contributed by atoms with E-state index in [0.29, 0.717) is 25.2 Å². The molecule has 4 aromatic rings. The number of fused-ring (bicyclic) bond motifs is 1. The summed E-state index contributed by atoms with van der Waals surface area (Å²) in [6.07, 6.45) is 1.76. The Balaban J connectivity index is 1.65. The second kappa shape index (κ2) is 9.08. The van der Waals surface area contributed by atoms with E-state index in [9.17, 15) is 14.1 Å². The Morgan fingerprint density at radius 1 is 1.33 bits per heavy atom. The minimum atomic E-state index is -1.50. The number of nitrogens with zero attached hydrogens (tertiary/aromatic N) is 1. The standard InChI is InChI=1S/C20H15BrFN2O3PS2/c21-15-13-7-12(19(23)25)8-14(16(13)30-17(15)18(22)28-26)27-9-10-1-3-11(4-2-10)20-24-5-6-29-20/h1-8,18,26,28H,9H2,(H2,23,25). The van der Waals surface area contributed by atoms with Gasteiger partial charge in [0.15, 0.2) is 5.91 Å². The molecular weight excluding hydrogens is 510 g/mol. The SMILES string of the molecule is NC(=O)c1cc(OCc2ccc(-c3nccs3)cc2)c2sc(C(F)PO)c(Br)c2c1. The highest BCUT2D eigenvalue weighted by molar-refractivity contribution is 9.10. The molecule has 0 radical (unpaired) electrons. The van der Waals surface area contributed by atoms with Crippen molar-refractivity contribution < 1.29 is 18.8 Å². The van der Waals surface area contributed by atoms with Crippen molar-refractivity contribution in [1.82, 2.24) is 4.98 Å². The molecule has 154 valence electrons. The summed E-state index contributed by atoms with van der Waals surface area (Å²) in [5, 5.41) is 3.50. The quantitative estimate of drug-likeness (QED) is 0.289. The van der Waals surface area contributed by atoms with E-state index in [1.54, 1.807) is 29.7 Å². The maximum absolute atomic E-state index is 14.2. The summed E-state index contributed by atoms with van der Waals surface area (Å²) >= 11 is 6.13. The van der Waals surface area contributed by atoms with Gasteiger partial charge in [0, 0.05) is 32.6 Å². The van der Waals surface area contributed by atoms with E-state index in [0.717, 1.165) is 16.1 Å². The Bertz CT molecular complexity index is 1200. The second-order valence-corrected chi connectivity index (χ2v) is 9.81. The van der Waals surface area contributed by atoms with Crippen LogP contribution in [0.25, 0.3) is 20.7 Å². The topological polar surface area (TPSA) is 85.4 Å². The van der Waals surface area contributed by atoms with Gasteiger partial charge in [0.2, 0.25) is 5.91 Å². The zero-order valence-corrected chi connectivity index (χ0v) is 19.5. The van der Waals surface area contributed by atoms with Gasteiger partial charge < -0.3 is 15.4 Å². The van der Waals surface area contributed by atoms with Crippen LogP contribution in [0.4, 0.5) is 4.39 Å². The average molecular weight is 525 g/mol. The number of halogens is 2. The molecule has 0 saturated carbocycles. The summed E-state index contributed by atoms with van der Waals surface area (Å²) in [4.78, 5) is 25.6. The summed E-state index contributed by atoms with van der Waals surface area (Å²) < 4.78 is 21.3. The van der Waals surface area contributed by atoms with Crippen LogP contribution in [-0.4, -0.2) is 15.8 Å². The fourth-order valence-electron chi connectivity index (χ4n) is 2.90. The molecule has 2 unspecified atom stereocenters. The van der Waals surface area contributed by atoms with Crippen molar-refractivity contribution in [2.24, 2.45) is 5.73 Å². The van der Waals surface area contributed by atoms with Gasteiger partial charge in [0.05, 0.1) is 18.4 Å². The molecule has 2 aromatic carbocycles. The number of nitrogens with two attached hydrogens (primary N) is 1. The molecule has 0 saturated heterocycles. The van der Waals surface area contributed by atoms with Crippen molar-refractivity contribution in [3.05, 3.63) is 68.5 Å². The van der Waals surface area contributed by atoms with Crippen molar-refractivity contribution in [3.63, 3.8) is 0 Å². The van der Waals surface area contributed by atoms with Gasteiger partial charge in [-0.3, -0.25) is 4.79 Å². The van der Waals surface area contributed by atoms with Crippen LogP contribution in [0.2, 0.25) is 0 Å². The van der Waals surface area contributed by atoms with E-state index in [1.807, 2.05) is 29.6 Å². The third kappa shape index (κ3) is 4.26. The number of ether oxygens (including phenoxy) is 1. The van der Waals surface area contributed by atoms with Crippen LogP contribution in [0.5, 0.6) is 5.75 Å². The number of benzene rings is 2. The van der Waals surface area contributed by atoms with Crippen LogP contribution >= 0.6 is 47.4 Å². The lowest BCUT2D eigenvalue weighted by atomic mass is 10.1. The van der Waals surface area contributed by atoms with Crippen molar-refractivity contribution in [1.29, 1.82) is 0 Å². The van der Waals surface area contributed by atoms with Gasteiger partial charge in [-0.05, 0) is 33.6 Å². The van der Waals surface area contributed by atoms with Crippen LogP contribution in [-0.2, 0) is 6.61 Å². The molecule has 0 bridgehead atoms. The minimum Gasteiger partial charge on any atom is -0.487 e. The van der Waals surface area contributed by atoms with E-state index < -0.39 is 20.6 Å². The first kappa shape index (κ1) is 21.3. The molecule has 2 heterocycles. The number of aromatic nitrogens is 1. The smallest absolute Gasteiger partial charge is 0.248 e. The highest BCUT2D eigenvalue weighted by atomic mass is 79.9. The third-order valence-electron chi connectivity index (χ3n) is 4.38. The molecule has 0 fully saturated rings.